The van der Waals surface area contributed by atoms with Crippen LogP contribution in [0.1, 0.15) is 20.3 Å². The Kier molecular flexibility index (Phi) is 2.87. The molecule has 1 aliphatic rings. The number of nitrogens with zero attached hydrogens (tertiary/aromatic N) is 2. The van der Waals surface area contributed by atoms with Crippen LogP contribution in [-0.2, 0) is 0 Å². The van der Waals surface area contributed by atoms with Crippen LogP contribution in [-0.4, -0.2) is 13.1 Å². The van der Waals surface area contributed by atoms with Gasteiger partial charge >= 0.3 is 0 Å². The number of benzene rings is 1. The van der Waals surface area contributed by atoms with Crippen LogP contribution < -0.4 is 4.90 Å². The zero-order valence-corrected chi connectivity index (χ0v) is 9.98. The summed E-state index contributed by atoms with van der Waals surface area (Å²) in [5, 5.41) is 9.21. The monoisotopic (exact) mass is 214 g/mol. The van der Waals surface area contributed by atoms with Crippen LogP contribution in [0, 0.1) is 22.7 Å². The molecule has 2 rings (SSSR count). The highest BCUT2D eigenvalue weighted by atomic mass is 15.1. The maximum absolute atomic E-state index is 9.21. The predicted molar refractivity (Wildman–Crippen MR) is 66.2 cm³/mol. The van der Waals surface area contributed by atoms with E-state index in [0.29, 0.717) is 0 Å². The van der Waals surface area contributed by atoms with Crippen molar-refractivity contribution in [3.8, 4) is 6.07 Å². The van der Waals surface area contributed by atoms with E-state index in [0.717, 1.165) is 19.5 Å². The minimum Gasteiger partial charge on any atom is -0.370 e. The number of para-hydroxylation sites is 1. The first-order valence-corrected chi connectivity index (χ1v) is 5.83. The summed E-state index contributed by atoms with van der Waals surface area (Å²) < 4.78 is 0. The zero-order chi connectivity index (χ0) is 11.6. The molecule has 2 heteroatoms. The van der Waals surface area contributed by atoms with Gasteiger partial charge < -0.3 is 4.90 Å². The lowest BCUT2D eigenvalue weighted by Gasteiger charge is -2.41. The Balaban J connectivity index is 2.15. The molecular formula is C14H18N2. The molecule has 1 heterocycles. The van der Waals surface area contributed by atoms with E-state index in [-0.39, 0.29) is 11.3 Å². The van der Waals surface area contributed by atoms with Gasteiger partial charge in [-0.1, -0.05) is 32.0 Å². The quantitative estimate of drug-likeness (QED) is 0.718. The molecule has 1 atom stereocenters. The van der Waals surface area contributed by atoms with Gasteiger partial charge in [0.1, 0.15) is 0 Å². The number of anilines is 1. The molecule has 0 radical (unpaired) electrons. The molecule has 0 aromatic heterocycles. The van der Waals surface area contributed by atoms with Gasteiger partial charge in [-0.3, -0.25) is 0 Å². The molecule has 1 aliphatic heterocycles. The Bertz CT molecular complexity index is 389. The van der Waals surface area contributed by atoms with E-state index in [9.17, 15) is 5.26 Å². The third-order valence-corrected chi connectivity index (χ3v) is 3.65. The molecule has 1 unspecified atom stereocenters. The lowest BCUT2D eigenvalue weighted by molar-refractivity contribution is 0.217. The third kappa shape index (κ3) is 2.04. The van der Waals surface area contributed by atoms with Crippen molar-refractivity contribution < 1.29 is 0 Å². The van der Waals surface area contributed by atoms with Crippen molar-refractivity contribution in [3.63, 3.8) is 0 Å². The van der Waals surface area contributed by atoms with Gasteiger partial charge in [0.05, 0.1) is 12.0 Å². The minimum absolute atomic E-state index is 0.126. The van der Waals surface area contributed by atoms with Gasteiger partial charge in [-0.15, -0.1) is 0 Å². The largest absolute Gasteiger partial charge is 0.370 e. The second-order valence-electron chi connectivity index (χ2n) is 5.20. The lowest BCUT2D eigenvalue weighted by Crippen LogP contribution is -2.44. The first-order valence-electron chi connectivity index (χ1n) is 5.83. The zero-order valence-electron chi connectivity index (χ0n) is 9.98. The fourth-order valence-electron chi connectivity index (χ4n) is 2.25. The van der Waals surface area contributed by atoms with Crippen molar-refractivity contribution in [1.82, 2.24) is 0 Å². The van der Waals surface area contributed by atoms with Gasteiger partial charge in [-0.05, 0) is 24.0 Å². The van der Waals surface area contributed by atoms with E-state index in [1.54, 1.807) is 0 Å². The van der Waals surface area contributed by atoms with Crippen LogP contribution in [0.2, 0.25) is 0 Å². The molecule has 1 saturated heterocycles. The van der Waals surface area contributed by atoms with Crippen molar-refractivity contribution in [2.24, 2.45) is 11.3 Å². The van der Waals surface area contributed by atoms with Crippen molar-refractivity contribution >= 4 is 5.69 Å². The van der Waals surface area contributed by atoms with Gasteiger partial charge in [0.15, 0.2) is 0 Å². The summed E-state index contributed by atoms with van der Waals surface area (Å²) in [7, 11) is 0. The molecule has 1 aromatic carbocycles. The van der Waals surface area contributed by atoms with Crippen molar-refractivity contribution in [2.45, 2.75) is 20.3 Å². The van der Waals surface area contributed by atoms with Gasteiger partial charge in [0, 0.05) is 18.8 Å². The second kappa shape index (κ2) is 4.17. The van der Waals surface area contributed by atoms with E-state index >= 15 is 0 Å². The van der Waals surface area contributed by atoms with Crippen LogP contribution in [0.25, 0.3) is 0 Å². The Morgan fingerprint density at radius 1 is 1.31 bits per heavy atom. The minimum atomic E-state index is 0.126. The molecule has 0 bridgehead atoms. The number of hydrogen-bond acceptors (Lipinski definition) is 2. The fraction of sp³-hybridized carbons (Fsp3) is 0.500. The third-order valence-electron chi connectivity index (χ3n) is 3.65. The standard InChI is InChI=1S/C14H18N2/c1-14(2)8-9-16(11-12(14)10-15)13-6-4-3-5-7-13/h3-7,12H,8-9,11H2,1-2H3. The highest BCUT2D eigenvalue weighted by molar-refractivity contribution is 5.46. The summed E-state index contributed by atoms with van der Waals surface area (Å²) in [6.07, 6.45) is 1.08. The number of hydrogen-bond donors (Lipinski definition) is 0. The van der Waals surface area contributed by atoms with Gasteiger partial charge in [-0.25, -0.2) is 0 Å². The lowest BCUT2D eigenvalue weighted by atomic mass is 9.74. The Hall–Kier alpha value is -1.49. The van der Waals surface area contributed by atoms with Crippen LogP contribution in [0.4, 0.5) is 5.69 Å². The van der Waals surface area contributed by atoms with E-state index < -0.39 is 0 Å². The highest BCUT2D eigenvalue weighted by Gasteiger charge is 2.35. The maximum atomic E-state index is 9.21. The molecule has 0 spiro atoms. The molecule has 1 aromatic rings. The Morgan fingerprint density at radius 3 is 2.62 bits per heavy atom. The molecule has 0 saturated carbocycles. The molecule has 1 fully saturated rings. The Morgan fingerprint density at radius 2 is 2.00 bits per heavy atom. The van der Waals surface area contributed by atoms with E-state index in [1.807, 2.05) is 6.07 Å². The number of nitriles is 1. The smallest absolute Gasteiger partial charge is 0.0690 e. The van der Waals surface area contributed by atoms with Crippen LogP contribution >= 0.6 is 0 Å². The van der Waals surface area contributed by atoms with Crippen molar-refractivity contribution in [1.29, 1.82) is 5.26 Å². The van der Waals surface area contributed by atoms with Crippen LogP contribution in [0.3, 0.4) is 0 Å². The molecular weight excluding hydrogens is 196 g/mol. The summed E-state index contributed by atoms with van der Waals surface area (Å²) in [5.74, 6) is 0.126. The van der Waals surface area contributed by atoms with E-state index in [2.05, 4.69) is 49.1 Å². The van der Waals surface area contributed by atoms with Gasteiger partial charge in [0.2, 0.25) is 0 Å². The average Bonchev–Trinajstić information content (AvgIpc) is 2.30. The summed E-state index contributed by atoms with van der Waals surface area (Å²) >= 11 is 0. The average molecular weight is 214 g/mol. The Labute approximate surface area is 97.5 Å². The van der Waals surface area contributed by atoms with Crippen LogP contribution in [0.15, 0.2) is 30.3 Å². The number of piperidine rings is 1. The fourth-order valence-corrected chi connectivity index (χ4v) is 2.25. The molecule has 2 nitrogen and oxygen atoms in total. The summed E-state index contributed by atoms with van der Waals surface area (Å²) in [4.78, 5) is 2.32. The first-order chi connectivity index (χ1) is 7.63. The maximum Gasteiger partial charge on any atom is 0.0690 e. The van der Waals surface area contributed by atoms with E-state index in [4.69, 9.17) is 0 Å². The molecule has 84 valence electrons. The number of rotatable bonds is 1. The molecule has 0 amide bonds. The molecule has 0 aliphatic carbocycles. The normalized spacial score (nSPS) is 23.8. The summed E-state index contributed by atoms with van der Waals surface area (Å²) in [6.45, 7) is 6.30. The summed E-state index contributed by atoms with van der Waals surface area (Å²) in [5.41, 5.74) is 1.39. The van der Waals surface area contributed by atoms with Gasteiger partial charge in [0.25, 0.3) is 0 Å². The SMILES string of the molecule is CC1(C)CCN(c2ccccc2)CC1C#N. The topological polar surface area (TPSA) is 27.0 Å². The molecule has 0 N–H and O–H groups in total. The van der Waals surface area contributed by atoms with Gasteiger partial charge in [-0.2, -0.15) is 5.26 Å². The summed E-state index contributed by atoms with van der Waals surface area (Å²) in [6, 6.07) is 12.8. The first kappa shape index (κ1) is 11.0. The van der Waals surface area contributed by atoms with E-state index in [1.165, 1.54) is 5.69 Å². The van der Waals surface area contributed by atoms with Crippen molar-refractivity contribution in [3.05, 3.63) is 30.3 Å². The predicted octanol–water partition coefficient (Wildman–Crippen LogP) is 3.06. The van der Waals surface area contributed by atoms with Crippen molar-refractivity contribution in [2.75, 3.05) is 18.0 Å². The molecule has 16 heavy (non-hydrogen) atoms. The second-order valence-corrected chi connectivity index (χ2v) is 5.20. The highest BCUT2D eigenvalue weighted by Crippen LogP contribution is 2.36. The van der Waals surface area contributed by atoms with Crippen LogP contribution in [0.5, 0.6) is 0 Å².